The fourth-order valence-electron chi connectivity index (χ4n) is 1.52. The van der Waals surface area contributed by atoms with Crippen LogP contribution in [0.4, 0.5) is 13.2 Å². The molecule has 0 fully saturated rings. The van der Waals surface area contributed by atoms with Gasteiger partial charge in [0.15, 0.2) is 0 Å². The number of carboxylic acid groups (broad SMARTS) is 1. The van der Waals surface area contributed by atoms with E-state index in [-0.39, 0.29) is 13.0 Å². The van der Waals surface area contributed by atoms with Crippen molar-refractivity contribution in [3.8, 4) is 0 Å². The number of amides is 1. The summed E-state index contributed by atoms with van der Waals surface area (Å²) >= 11 is 0. The average molecular weight is 306 g/mol. The van der Waals surface area contributed by atoms with Crippen molar-refractivity contribution in [2.45, 2.75) is 25.4 Å². The summed E-state index contributed by atoms with van der Waals surface area (Å²) in [6.07, 6.45) is -4.00. The van der Waals surface area contributed by atoms with Gasteiger partial charge in [-0.05, 0) is 25.0 Å². The van der Waals surface area contributed by atoms with E-state index in [2.05, 4.69) is 5.32 Å². The molecule has 1 amide bonds. The summed E-state index contributed by atoms with van der Waals surface area (Å²) in [4.78, 5) is 34.9. The number of hydrogen-bond donors (Lipinski definition) is 3. The summed E-state index contributed by atoms with van der Waals surface area (Å²) in [5, 5.41) is 10.7. The molecule has 9 heteroatoms. The van der Waals surface area contributed by atoms with Crippen LogP contribution < -0.4 is 10.9 Å². The van der Waals surface area contributed by atoms with Gasteiger partial charge in [-0.25, -0.2) is 0 Å². The Kier molecular flexibility index (Phi) is 5.51. The number of aliphatic carboxylic acids is 1. The maximum absolute atomic E-state index is 12.3. The SMILES string of the molecule is O=C(O)CCCCNC(=O)c1ccc(C(F)(F)F)[nH]c1=O. The smallest absolute Gasteiger partial charge is 0.431 e. The lowest BCUT2D eigenvalue weighted by Crippen LogP contribution is -2.31. The van der Waals surface area contributed by atoms with Gasteiger partial charge in [-0.1, -0.05) is 0 Å². The highest BCUT2D eigenvalue weighted by molar-refractivity contribution is 5.93. The molecule has 3 N–H and O–H groups in total. The highest BCUT2D eigenvalue weighted by Crippen LogP contribution is 2.26. The quantitative estimate of drug-likeness (QED) is 0.691. The molecule has 0 unspecified atom stereocenters. The Morgan fingerprint density at radius 2 is 1.90 bits per heavy atom. The number of aromatic amines is 1. The molecule has 0 bridgehead atoms. The molecule has 1 aromatic rings. The third kappa shape index (κ3) is 5.28. The zero-order chi connectivity index (χ0) is 16.0. The summed E-state index contributed by atoms with van der Waals surface area (Å²) in [6, 6.07) is 1.41. The number of nitrogens with one attached hydrogen (secondary N) is 2. The minimum atomic E-state index is -4.69. The van der Waals surface area contributed by atoms with Gasteiger partial charge < -0.3 is 15.4 Å². The second-order valence-electron chi connectivity index (χ2n) is 4.22. The molecule has 0 radical (unpaired) electrons. The lowest BCUT2D eigenvalue weighted by Gasteiger charge is -2.07. The first kappa shape index (κ1) is 16.7. The van der Waals surface area contributed by atoms with Gasteiger partial charge in [0.1, 0.15) is 11.3 Å². The molecule has 21 heavy (non-hydrogen) atoms. The number of unbranched alkanes of at least 4 members (excludes halogenated alkanes) is 1. The highest BCUT2D eigenvalue weighted by atomic mass is 19.4. The molecule has 116 valence electrons. The van der Waals surface area contributed by atoms with Crippen LogP contribution in [0.1, 0.15) is 35.3 Å². The van der Waals surface area contributed by atoms with E-state index in [4.69, 9.17) is 5.11 Å². The van der Waals surface area contributed by atoms with Gasteiger partial charge in [0.05, 0.1) is 0 Å². The van der Waals surface area contributed by atoms with Crippen molar-refractivity contribution in [3.63, 3.8) is 0 Å². The Morgan fingerprint density at radius 1 is 1.24 bits per heavy atom. The third-order valence-corrected chi connectivity index (χ3v) is 2.56. The lowest BCUT2D eigenvalue weighted by molar-refractivity contribution is -0.141. The Morgan fingerprint density at radius 3 is 2.43 bits per heavy atom. The summed E-state index contributed by atoms with van der Waals surface area (Å²) < 4.78 is 37.0. The van der Waals surface area contributed by atoms with E-state index >= 15 is 0 Å². The number of rotatable bonds is 6. The lowest BCUT2D eigenvalue weighted by atomic mass is 10.2. The molecule has 0 spiro atoms. The second-order valence-corrected chi connectivity index (χ2v) is 4.22. The number of hydrogen-bond acceptors (Lipinski definition) is 3. The van der Waals surface area contributed by atoms with Crippen LogP contribution in [-0.2, 0) is 11.0 Å². The minimum Gasteiger partial charge on any atom is -0.481 e. The predicted octanol–water partition coefficient (Wildman–Crippen LogP) is 1.38. The van der Waals surface area contributed by atoms with E-state index in [0.29, 0.717) is 18.9 Å². The van der Waals surface area contributed by atoms with Gasteiger partial charge in [0.2, 0.25) is 0 Å². The summed E-state index contributed by atoms with van der Waals surface area (Å²) in [5.41, 5.74) is -2.79. The first-order chi connectivity index (χ1) is 9.71. The van der Waals surface area contributed by atoms with Gasteiger partial charge in [0, 0.05) is 13.0 Å². The summed E-state index contributed by atoms with van der Waals surface area (Å²) in [6.45, 7) is 0.132. The molecule has 1 aromatic heterocycles. The van der Waals surface area contributed by atoms with E-state index in [1.54, 1.807) is 4.98 Å². The molecule has 0 aliphatic heterocycles. The number of H-pyrrole nitrogens is 1. The molecule has 0 saturated heterocycles. The van der Waals surface area contributed by atoms with Gasteiger partial charge in [-0.15, -0.1) is 0 Å². The van der Waals surface area contributed by atoms with Crippen LogP contribution in [0.3, 0.4) is 0 Å². The maximum atomic E-state index is 12.3. The van der Waals surface area contributed by atoms with Gasteiger partial charge >= 0.3 is 12.1 Å². The van der Waals surface area contributed by atoms with E-state index in [0.717, 1.165) is 6.07 Å². The number of pyridine rings is 1. The van der Waals surface area contributed by atoms with E-state index in [1.807, 2.05) is 0 Å². The van der Waals surface area contributed by atoms with Crippen LogP contribution in [0.2, 0.25) is 0 Å². The van der Waals surface area contributed by atoms with Crippen molar-refractivity contribution in [2.75, 3.05) is 6.54 Å². The first-order valence-corrected chi connectivity index (χ1v) is 6.02. The molecule has 0 aliphatic carbocycles. The van der Waals surface area contributed by atoms with E-state index in [1.165, 1.54) is 0 Å². The standard InChI is InChI=1S/C12H13F3N2O4/c13-12(14,15)8-5-4-7(11(21)17-8)10(20)16-6-2-1-3-9(18)19/h4-5H,1-3,6H2,(H,16,20)(H,17,21)(H,18,19). The Labute approximate surface area is 117 Å². The molecule has 0 aromatic carbocycles. The van der Waals surface area contributed by atoms with Crippen LogP contribution >= 0.6 is 0 Å². The molecule has 1 heterocycles. The zero-order valence-electron chi connectivity index (χ0n) is 10.8. The zero-order valence-corrected chi connectivity index (χ0v) is 10.8. The molecule has 0 atom stereocenters. The normalized spacial score (nSPS) is 11.2. The van der Waals surface area contributed by atoms with Gasteiger partial charge in [-0.2, -0.15) is 13.2 Å². The predicted molar refractivity (Wildman–Crippen MR) is 65.9 cm³/mol. The number of halogens is 3. The van der Waals surface area contributed by atoms with Crippen molar-refractivity contribution in [3.05, 3.63) is 33.7 Å². The van der Waals surface area contributed by atoms with Gasteiger partial charge in [0.25, 0.3) is 11.5 Å². The highest BCUT2D eigenvalue weighted by Gasteiger charge is 2.32. The fraction of sp³-hybridized carbons (Fsp3) is 0.417. The van der Waals surface area contributed by atoms with Crippen molar-refractivity contribution < 1.29 is 27.9 Å². The van der Waals surface area contributed by atoms with E-state index < -0.39 is 34.9 Å². The van der Waals surface area contributed by atoms with Crippen molar-refractivity contribution in [1.29, 1.82) is 0 Å². The number of aromatic nitrogens is 1. The molecule has 6 nitrogen and oxygen atoms in total. The minimum absolute atomic E-state index is 0.0449. The van der Waals surface area contributed by atoms with E-state index in [9.17, 15) is 27.6 Å². The molecular formula is C12H13F3N2O4. The summed E-state index contributed by atoms with van der Waals surface area (Å²) in [7, 11) is 0. The van der Waals surface area contributed by atoms with Crippen molar-refractivity contribution in [2.24, 2.45) is 0 Å². The van der Waals surface area contributed by atoms with Crippen LogP contribution in [-0.4, -0.2) is 28.5 Å². The van der Waals surface area contributed by atoms with Gasteiger partial charge in [-0.3, -0.25) is 14.4 Å². The van der Waals surface area contributed by atoms with Crippen LogP contribution in [0.25, 0.3) is 0 Å². The molecular weight excluding hydrogens is 293 g/mol. The average Bonchev–Trinajstić information content (AvgIpc) is 2.36. The third-order valence-electron chi connectivity index (χ3n) is 2.56. The number of carboxylic acids is 1. The molecule has 1 rings (SSSR count). The molecule has 0 saturated carbocycles. The number of carbonyl (C=O) groups is 2. The number of carbonyl (C=O) groups excluding carboxylic acids is 1. The van der Waals surface area contributed by atoms with Crippen molar-refractivity contribution >= 4 is 11.9 Å². The maximum Gasteiger partial charge on any atom is 0.431 e. The fourth-order valence-corrected chi connectivity index (χ4v) is 1.52. The van der Waals surface area contributed by atoms with Crippen LogP contribution in [0.5, 0.6) is 0 Å². The van der Waals surface area contributed by atoms with Crippen molar-refractivity contribution in [1.82, 2.24) is 10.3 Å². The first-order valence-electron chi connectivity index (χ1n) is 6.02. The Bertz CT molecular complexity index is 581. The van der Waals surface area contributed by atoms with Crippen LogP contribution in [0.15, 0.2) is 16.9 Å². The summed E-state index contributed by atoms with van der Waals surface area (Å²) in [5.74, 6) is -1.76. The second kappa shape index (κ2) is 6.91. The largest absolute Gasteiger partial charge is 0.481 e. The topological polar surface area (TPSA) is 99.3 Å². The Balaban J connectivity index is 2.59. The monoisotopic (exact) mass is 306 g/mol. The number of alkyl halides is 3. The Hall–Kier alpha value is -2.32. The van der Waals surface area contributed by atoms with Crippen LogP contribution in [0, 0.1) is 0 Å². The molecule has 0 aliphatic rings.